The molecule has 2 aromatic carbocycles. The molecule has 0 saturated carbocycles. The van der Waals surface area contributed by atoms with Crippen molar-refractivity contribution in [2.24, 2.45) is 5.73 Å². The van der Waals surface area contributed by atoms with Crippen molar-refractivity contribution in [1.29, 1.82) is 0 Å². The van der Waals surface area contributed by atoms with E-state index in [1.54, 1.807) is 30.3 Å². The van der Waals surface area contributed by atoms with Crippen LogP contribution in [0.3, 0.4) is 0 Å². The molecule has 0 bridgehead atoms. The molecular formula is C14H11BrF3N. The van der Waals surface area contributed by atoms with Gasteiger partial charge in [0.25, 0.3) is 0 Å². The van der Waals surface area contributed by atoms with Crippen LogP contribution in [0.4, 0.5) is 13.2 Å². The van der Waals surface area contributed by atoms with Crippen LogP contribution in [0, 0.1) is 0 Å². The summed E-state index contributed by atoms with van der Waals surface area (Å²) < 4.78 is 38.6. The summed E-state index contributed by atoms with van der Waals surface area (Å²) in [5.41, 5.74) is 6.50. The molecule has 2 aromatic rings. The van der Waals surface area contributed by atoms with E-state index in [1.165, 1.54) is 0 Å². The molecule has 0 aliphatic rings. The van der Waals surface area contributed by atoms with Crippen molar-refractivity contribution in [2.75, 3.05) is 0 Å². The monoisotopic (exact) mass is 329 g/mol. The normalized spacial score (nSPS) is 13.3. The average molecular weight is 330 g/mol. The largest absolute Gasteiger partial charge is 0.416 e. The first-order valence-corrected chi connectivity index (χ1v) is 6.35. The molecule has 0 spiro atoms. The molecule has 2 rings (SSSR count). The number of halogens is 4. The van der Waals surface area contributed by atoms with E-state index in [0.717, 1.165) is 17.7 Å². The van der Waals surface area contributed by atoms with Crippen molar-refractivity contribution in [3.8, 4) is 0 Å². The van der Waals surface area contributed by atoms with Gasteiger partial charge in [-0.25, -0.2) is 0 Å². The van der Waals surface area contributed by atoms with Gasteiger partial charge in [-0.1, -0.05) is 46.3 Å². The van der Waals surface area contributed by atoms with Gasteiger partial charge in [-0.3, -0.25) is 0 Å². The maximum absolute atomic E-state index is 12.8. The Morgan fingerprint density at radius 2 is 1.58 bits per heavy atom. The summed E-state index contributed by atoms with van der Waals surface area (Å²) in [5, 5.41) is 0. The van der Waals surface area contributed by atoms with Crippen LogP contribution in [0.1, 0.15) is 22.7 Å². The highest BCUT2D eigenvalue weighted by molar-refractivity contribution is 9.10. The second-order valence-electron chi connectivity index (χ2n) is 4.16. The SMILES string of the molecule is NC(c1ccccc1)c1cc(Br)cc(C(F)(F)F)c1. The van der Waals surface area contributed by atoms with Gasteiger partial charge in [-0.05, 0) is 29.3 Å². The smallest absolute Gasteiger partial charge is 0.320 e. The van der Waals surface area contributed by atoms with E-state index in [9.17, 15) is 13.2 Å². The summed E-state index contributed by atoms with van der Waals surface area (Å²) in [7, 11) is 0. The summed E-state index contributed by atoms with van der Waals surface area (Å²) in [6, 6.07) is 12.2. The molecule has 1 unspecified atom stereocenters. The Morgan fingerprint density at radius 1 is 0.947 bits per heavy atom. The lowest BCUT2D eigenvalue weighted by Gasteiger charge is -2.15. The lowest BCUT2D eigenvalue weighted by Crippen LogP contribution is -2.14. The van der Waals surface area contributed by atoms with Gasteiger partial charge in [-0.15, -0.1) is 0 Å². The van der Waals surface area contributed by atoms with Crippen molar-refractivity contribution in [2.45, 2.75) is 12.2 Å². The number of rotatable bonds is 2. The Morgan fingerprint density at radius 3 is 2.16 bits per heavy atom. The highest BCUT2D eigenvalue weighted by Crippen LogP contribution is 2.34. The van der Waals surface area contributed by atoms with Crippen molar-refractivity contribution in [3.05, 3.63) is 69.7 Å². The number of alkyl halides is 3. The van der Waals surface area contributed by atoms with Crippen LogP contribution < -0.4 is 5.73 Å². The van der Waals surface area contributed by atoms with Crippen LogP contribution in [0.25, 0.3) is 0 Å². The maximum atomic E-state index is 12.8. The summed E-state index contributed by atoms with van der Waals surface area (Å²) >= 11 is 3.09. The zero-order valence-electron chi connectivity index (χ0n) is 9.79. The standard InChI is InChI=1S/C14H11BrF3N/c15-12-7-10(6-11(8-12)14(16,17)18)13(19)9-4-2-1-3-5-9/h1-8,13H,19H2. The van der Waals surface area contributed by atoms with E-state index in [2.05, 4.69) is 15.9 Å². The quantitative estimate of drug-likeness (QED) is 0.861. The number of nitrogens with two attached hydrogens (primary N) is 1. The lowest BCUT2D eigenvalue weighted by molar-refractivity contribution is -0.137. The molecule has 2 N–H and O–H groups in total. The van der Waals surface area contributed by atoms with E-state index in [4.69, 9.17) is 5.73 Å². The van der Waals surface area contributed by atoms with Gasteiger partial charge in [0.15, 0.2) is 0 Å². The molecule has 100 valence electrons. The Hall–Kier alpha value is -1.33. The van der Waals surface area contributed by atoms with Gasteiger partial charge in [0.1, 0.15) is 0 Å². The molecule has 0 heterocycles. The highest BCUT2D eigenvalue weighted by atomic mass is 79.9. The first-order chi connectivity index (χ1) is 8.88. The van der Waals surface area contributed by atoms with E-state index >= 15 is 0 Å². The fourth-order valence-electron chi connectivity index (χ4n) is 1.81. The average Bonchev–Trinajstić information content (AvgIpc) is 2.37. The van der Waals surface area contributed by atoms with Crippen molar-refractivity contribution in [3.63, 3.8) is 0 Å². The molecule has 1 atom stereocenters. The number of hydrogen-bond acceptors (Lipinski definition) is 1. The Kier molecular flexibility index (Phi) is 3.96. The lowest BCUT2D eigenvalue weighted by atomic mass is 9.98. The van der Waals surface area contributed by atoms with Gasteiger partial charge < -0.3 is 5.73 Å². The van der Waals surface area contributed by atoms with Crippen LogP contribution in [-0.2, 0) is 6.18 Å². The molecule has 0 aliphatic carbocycles. The van der Waals surface area contributed by atoms with Crippen LogP contribution >= 0.6 is 15.9 Å². The summed E-state index contributed by atoms with van der Waals surface area (Å²) in [6.07, 6.45) is -4.38. The van der Waals surface area contributed by atoms with E-state index < -0.39 is 17.8 Å². The van der Waals surface area contributed by atoms with Gasteiger partial charge in [0, 0.05) is 4.47 Å². The van der Waals surface area contributed by atoms with E-state index in [0.29, 0.717) is 10.0 Å². The molecule has 0 amide bonds. The molecule has 0 fully saturated rings. The second-order valence-corrected chi connectivity index (χ2v) is 5.08. The molecule has 19 heavy (non-hydrogen) atoms. The third kappa shape index (κ3) is 3.36. The molecule has 1 nitrogen and oxygen atoms in total. The van der Waals surface area contributed by atoms with Crippen LogP contribution in [0.2, 0.25) is 0 Å². The molecule has 0 saturated heterocycles. The molecule has 0 aromatic heterocycles. The predicted octanol–water partition coefficient (Wildman–Crippen LogP) is 4.52. The minimum absolute atomic E-state index is 0.365. The molecule has 0 aliphatic heterocycles. The van der Waals surface area contributed by atoms with Crippen molar-refractivity contribution < 1.29 is 13.2 Å². The minimum atomic E-state index is -4.38. The number of hydrogen-bond donors (Lipinski definition) is 1. The first-order valence-electron chi connectivity index (χ1n) is 5.56. The Labute approximate surface area is 117 Å². The fraction of sp³-hybridized carbons (Fsp3) is 0.143. The summed E-state index contributed by atoms with van der Waals surface area (Å²) in [4.78, 5) is 0. The highest BCUT2D eigenvalue weighted by Gasteiger charge is 2.31. The summed E-state index contributed by atoms with van der Waals surface area (Å²) in [6.45, 7) is 0. The third-order valence-electron chi connectivity index (χ3n) is 2.77. The van der Waals surface area contributed by atoms with E-state index in [-0.39, 0.29) is 0 Å². The molecule has 0 radical (unpaired) electrons. The summed E-state index contributed by atoms with van der Waals surface area (Å²) in [5.74, 6) is 0. The van der Waals surface area contributed by atoms with Gasteiger partial charge in [0.2, 0.25) is 0 Å². The van der Waals surface area contributed by atoms with Crippen molar-refractivity contribution in [1.82, 2.24) is 0 Å². The number of benzene rings is 2. The molecule has 5 heteroatoms. The van der Waals surface area contributed by atoms with Gasteiger partial charge >= 0.3 is 6.18 Å². The topological polar surface area (TPSA) is 26.0 Å². The fourth-order valence-corrected chi connectivity index (χ4v) is 2.32. The molecular weight excluding hydrogens is 319 g/mol. The third-order valence-corrected chi connectivity index (χ3v) is 3.22. The van der Waals surface area contributed by atoms with Crippen LogP contribution in [0.15, 0.2) is 53.0 Å². The minimum Gasteiger partial charge on any atom is -0.320 e. The van der Waals surface area contributed by atoms with Crippen LogP contribution in [-0.4, -0.2) is 0 Å². The first kappa shape index (κ1) is 14.1. The maximum Gasteiger partial charge on any atom is 0.416 e. The predicted molar refractivity (Wildman–Crippen MR) is 71.6 cm³/mol. The zero-order valence-corrected chi connectivity index (χ0v) is 11.4. The van der Waals surface area contributed by atoms with Gasteiger partial charge in [0.05, 0.1) is 11.6 Å². The Balaban J connectivity index is 2.43. The Bertz CT molecular complexity index is 567. The zero-order chi connectivity index (χ0) is 14.0. The second kappa shape index (κ2) is 5.35. The van der Waals surface area contributed by atoms with Gasteiger partial charge in [-0.2, -0.15) is 13.2 Å². The van der Waals surface area contributed by atoms with Crippen LogP contribution in [0.5, 0.6) is 0 Å². The van der Waals surface area contributed by atoms with E-state index in [1.807, 2.05) is 6.07 Å². The van der Waals surface area contributed by atoms with Crippen molar-refractivity contribution >= 4 is 15.9 Å².